The molecule has 4 heterocycles. The van der Waals surface area contributed by atoms with E-state index in [1.165, 1.54) is 10.7 Å². The Hall–Kier alpha value is -4.39. The number of benzene rings is 2. The number of piperidine rings is 1. The highest BCUT2D eigenvalue weighted by Gasteiger charge is 2.55. The number of aliphatic hydroxyl groups is 1. The summed E-state index contributed by atoms with van der Waals surface area (Å²) in [6, 6.07) is 19.6. The van der Waals surface area contributed by atoms with Crippen LogP contribution in [0.5, 0.6) is 0 Å². The van der Waals surface area contributed by atoms with Gasteiger partial charge in [-0.15, -0.1) is 0 Å². The van der Waals surface area contributed by atoms with E-state index in [2.05, 4.69) is 10.3 Å². The van der Waals surface area contributed by atoms with Crippen molar-refractivity contribution >= 4 is 17.4 Å². The molecule has 1 amide bonds. The first kappa shape index (κ1) is 29.7. The summed E-state index contributed by atoms with van der Waals surface area (Å²) in [6.45, 7) is 0.650. The van der Waals surface area contributed by atoms with Crippen molar-refractivity contribution < 1.29 is 36.2 Å². The molecule has 13 heteroatoms. The molecule has 44 heavy (non-hydrogen) atoms. The summed E-state index contributed by atoms with van der Waals surface area (Å²) < 4.78 is 84.0. The van der Waals surface area contributed by atoms with Gasteiger partial charge in [0.25, 0.3) is 5.91 Å². The largest absolute Gasteiger partial charge is 0.433 e. The summed E-state index contributed by atoms with van der Waals surface area (Å²) in [5.74, 6) is -4.26. The molecule has 0 unspecified atom stereocenters. The Morgan fingerprint density at radius 2 is 1.45 bits per heavy atom. The van der Waals surface area contributed by atoms with Crippen LogP contribution in [0.25, 0.3) is 0 Å². The molecule has 0 bridgehead atoms. The summed E-state index contributed by atoms with van der Waals surface area (Å²) in [4.78, 5) is 18.1. The van der Waals surface area contributed by atoms with Crippen molar-refractivity contribution in [1.82, 2.24) is 14.8 Å². The lowest BCUT2D eigenvalue weighted by Gasteiger charge is -2.35. The topological polar surface area (TPSA) is 83.3 Å². The number of halogens is 6. The monoisotopic (exact) mass is 615 g/mol. The summed E-state index contributed by atoms with van der Waals surface area (Å²) >= 11 is 0. The van der Waals surface area contributed by atoms with Gasteiger partial charge in [0.2, 0.25) is 0 Å². The van der Waals surface area contributed by atoms with Gasteiger partial charge in [-0.3, -0.25) is 4.79 Å². The highest BCUT2D eigenvalue weighted by Crippen LogP contribution is 2.49. The maximum Gasteiger partial charge on any atom is 0.433 e. The Morgan fingerprint density at radius 1 is 0.864 bits per heavy atom. The van der Waals surface area contributed by atoms with Crippen molar-refractivity contribution in [1.29, 1.82) is 0 Å². The number of carbonyl (C=O) groups excluding carboxylic acids is 1. The van der Waals surface area contributed by atoms with Gasteiger partial charge < -0.3 is 15.3 Å². The molecule has 0 saturated carbocycles. The zero-order chi connectivity index (χ0) is 31.2. The number of fused-ring (bicyclic) bond motifs is 1. The van der Waals surface area contributed by atoms with Gasteiger partial charge >= 0.3 is 12.4 Å². The van der Waals surface area contributed by atoms with E-state index in [4.69, 9.17) is 5.10 Å². The van der Waals surface area contributed by atoms with Gasteiger partial charge in [0.1, 0.15) is 29.6 Å². The molecule has 0 aliphatic carbocycles. The molecule has 7 nitrogen and oxygen atoms in total. The van der Waals surface area contributed by atoms with Crippen LogP contribution in [0.15, 0.2) is 79.0 Å². The number of hydrogen-bond acceptors (Lipinski definition) is 5. The first-order valence-electron chi connectivity index (χ1n) is 14.0. The molecule has 0 spiro atoms. The average molecular weight is 616 g/mol. The molecule has 2 atom stereocenters. The molecule has 2 aliphatic heterocycles. The number of aromatic nitrogens is 3. The van der Waals surface area contributed by atoms with Crippen LogP contribution < -0.4 is 10.2 Å². The van der Waals surface area contributed by atoms with Gasteiger partial charge in [-0.2, -0.15) is 31.4 Å². The molecule has 2 N–H and O–H groups in total. The number of carbonyl (C=O) groups is 1. The molecule has 6 rings (SSSR count). The SMILES string of the molecule is O=C1Nc2c(c(C3CCN(c4ccc(C(F)(F)F)nc4)CC3)nn2C(c2ccccc2)c2ccccc2)[C@@H](C(F)(F)F)[C@H]1O. The smallest absolute Gasteiger partial charge is 0.382 e. The quantitative estimate of drug-likeness (QED) is 0.259. The third-order valence-electron chi connectivity index (χ3n) is 8.23. The molecule has 2 aromatic heterocycles. The number of hydrogen-bond donors (Lipinski definition) is 2. The van der Waals surface area contributed by atoms with E-state index in [0.717, 1.165) is 23.4 Å². The summed E-state index contributed by atoms with van der Waals surface area (Å²) in [6.07, 6.45) is -10.1. The van der Waals surface area contributed by atoms with Crippen molar-refractivity contribution in [3.05, 3.63) is 107 Å². The molecule has 1 saturated heterocycles. The minimum Gasteiger partial charge on any atom is -0.382 e. The second-order valence-electron chi connectivity index (χ2n) is 10.9. The minimum atomic E-state index is -4.95. The van der Waals surface area contributed by atoms with Gasteiger partial charge in [0.05, 0.1) is 17.6 Å². The normalized spacial score (nSPS) is 19.6. The summed E-state index contributed by atoms with van der Waals surface area (Å²) in [5, 5.41) is 17.8. The van der Waals surface area contributed by atoms with Crippen LogP contribution in [0.2, 0.25) is 0 Å². The first-order chi connectivity index (χ1) is 20.9. The Bertz CT molecular complexity index is 1580. The van der Waals surface area contributed by atoms with E-state index >= 15 is 0 Å². The first-order valence-corrected chi connectivity index (χ1v) is 14.0. The Balaban J connectivity index is 1.42. The van der Waals surface area contributed by atoms with Crippen LogP contribution in [0.1, 0.15) is 58.8 Å². The van der Waals surface area contributed by atoms with Crippen molar-refractivity contribution in [3.63, 3.8) is 0 Å². The van der Waals surface area contributed by atoms with Gasteiger partial charge in [-0.25, -0.2) is 9.67 Å². The molecule has 2 aliphatic rings. The zero-order valence-corrected chi connectivity index (χ0v) is 23.1. The van der Waals surface area contributed by atoms with Crippen LogP contribution >= 0.6 is 0 Å². The number of amides is 1. The molecule has 4 aromatic rings. The lowest BCUT2D eigenvalue weighted by molar-refractivity contribution is -0.177. The Morgan fingerprint density at radius 3 is 1.95 bits per heavy atom. The van der Waals surface area contributed by atoms with E-state index in [1.54, 1.807) is 24.3 Å². The predicted molar refractivity (Wildman–Crippen MR) is 149 cm³/mol. The van der Waals surface area contributed by atoms with Crippen LogP contribution in [0.3, 0.4) is 0 Å². The number of nitrogens with zero attached hydrogens (tertiary/aromatic N) is 4. The number of aliphatic hydroxyl groups excluding tert-OH is 1. The number of pyridine rings is 1. The van der Waals surface area contributed by atoms with Gasteiger partial charge in [0, 0.05) is 24.6 Å². The maximum absolute atomic E-state index is 14.6. The van der Waals surface area contributed by atoms with Crippen molar-refractivity contribution in [2.45, 2.75) is 49.2 Å². The minimum absolute atomic E-state index is 0.121. The summed E-state index contributed by atoms with van der Waals surface area (Å²) in [5.41, 5.74) is 0.763. The fourth-order valence-corrected chi connectivity index (χ4v) is 6.12. The number of nitrogens with one attached hydrogen (secondary N) is 1. The fraction of sp³-hybridized carbons (Fsp3) is 0.323. The summed E-state index contributed by atoms with van der Waals surface area (Å²) in [7, 11) is 0. The van der Waals surface area contributed by atoms with Crippen LogP contribution in [0.4, 0.5) is 37.8 Å². The standard InChI is InChI=1S/C31H27F6N5O2/c32-30(33,34)22-12-11-21(17-38-22)41-15-13-18(14-16-41)25-23-24(31(35,36)37)27(43)29(44)39-28(23)42(40-25)26(19-7-3-1-4-8-19)20-9-5-2-6-10-20/h1-12,17-18,24,26-27,43H,13-16H2,(H,39,44)/t24-,27-/m1/s1. The van der Waals surface area contributed by atoms with Gasteiger partial charge in [-0.05, 0) is 36.1 Å². The number of alkyl halides is 6. The molecule has 1 fully saturated rings. The Kier molecular flexibility index (Phi) is 7.60. The van der Waals surface area contributed by atoms with Crippen molar-refractivity contribution in [2.75, 3.05) is 23.3 Å². The predicted octanol–water partition coefficient (Wildman–Crippen LogP) is 6.28. The van der Waals surface area contributed by atoms with Crippen LogP contribution in [0, 0.1) is 0 Å². The second kappa shape index (κ2) is 11.3. The molecule has 0 radical (unpaired) electrons. The zero-order valence-electron chi connectivity index (χ0n) is 23.1. The van der Waals surface area contributed by atoms with E-state index in [1.807, 2.05) is 41.3 Å². The van der Waals surface area contributed by atoms with Gasteiger partial charge in [0.15, 0.2) is 0 Å². The van der Waals surface area contributed by atoms with Crippen molar-refractivity contribution in [3.8, 4) is 0 Å². The molecule has 230 valence electrons. The maximum atomic E-state index is 14.6. The average Bonchev–Trinajstić information content (AvgIpc) is 3.35. The number of rotatable bonds is 5. The van der Waals surface area contributed by atoms with E-state index in [0.29, 0.717) is 31.6 Å². The molecule has 2 aromatic carbocycles. The lowest BCUT2D eigenvalue weighted by Crippen LogP contribution is -2.45. The van der Waals surface area contributed by atoms with E-state index in [9.17, 15) is 36.2 Å². The second-order valence-corrected chi connectivity index (χ2v) is 10.9. The van der Waals surface area contributed by atoms with Gasteiger partial charge in [-0.1, -0.05) is 60.7 Å². The van der Waals surface area contributed by atoms with Crippen LogP contribution in [-0.4, -0.2) is 51.1 Å². The van der Waals surface area contributed by atoms with E-state index < -0.39 is 47.9 Å². The van der Waals surface area contributed by atoms with Crippen LogP contribution in [-0.2, 0) is 11.0 Å². The fourth-order valence-electron chi connectivity index (χ4n) is 6.12. The Labute approximate surface area is 248 Å². The molecular formula is C31H27F6N5O2. The third-order valence-corrected chi connectivity index (χ3v) is 8.23. The number of anilines is 2. The third kappa shape index (κ3) is 5.51. The highest BCUT2D eigenvalue weighted by atomic mass is 19.4. The highest BCUT2D eigenvalue weighted by molar-refractivity contribution is 5.97. The molecular weight excluding hydrogens is 588 g/mol. The lowest BCUT2D eigenvalue weighted by atomic mass is 9.82. The van der Waals surface area contributed by atoms with Crippen molar-refractivity contribution in [2.24, 2.45) is 0 Å². The van der Waals surface area contributed by atoms with E-state index in [-0.39, 0.29) is 17.1 Å².